The molecule has 0 aliphatic heterocycles. The number of nitrogens with one attached hydrogen (secondary N) is 1. The minimum absolute atomic E-state index is 0.0159. The number of aliphatic hydroxyl groups is 2. The highest BCUT2D eigenvalue weighted by atomic mass is 16.5. The second-order valence-electron chi connectivity index (χ2n) is 22.8. The molecular formula is C65H129NO5. The Morgan fingerprint density at radius 2 is 0.577 bits per heavy atom. The summed E-state index contributed by atoms with van der Waals surface area (Å²) in [6.07, 6.45) is 72.6. The second kappa shape index (κ2) is 61.4. The molecule has 0 aromatic rings. The van der Waals surface area contributed by atoms with Gasteiger partial charge in [-0.1, -0.05) is 341 Å². The minimum Gasteiger partial charge on any atom is -0.466 e. The van der Waals surface area contributed by atoms with Crippen molar-refractivity contribution in [2.75, 3.05) is 13.2 Å². The lowest BCUT2D eigenvalue weighted by Gasteiger charge is -2.22. The Morgan fingerprint density at radius 1 is 0.338 bits per heavy atom. The van der Waals surface area contributed by atoms with Gasteiger partial charge in [0.25, 0.3) is 0 Å². The molecule has 0 heterocycles. The van der Waals surface area contributed by atoms with Gasteiger partial charge in [0.1, 0.15) is 0 Å². The van der Waals surface area contributed by atoms with Gasteiger partial charge in [-0.25, -0.2) is 0 Å². The van der Waals surface area contributed by atoms with E-state index in [4.69, 9.17) is 4.74 Å². The molecule has 0 aliphatic rings. The van der Waals surface area contributed by atoms with Crippen LogP contribution < -0.4 is 5.32 Å². The van der Waals surface area contributed by atoms with Crippen LogP contribution in [0.25, 0.3) is 0 Å². The van der Waals surface area contributed by atoms with E-state index < -0.39 is 12.1 Å². The van der Waals surface area contributed by atoms with Crippen molar-refractivity contribution in [3.8, 4) is 0 Å². The molecule has 0 fully saturated rings. The zero-order valence-electron chi connectivity index (χ0n) is 48.5. The fraction of sp³-hybridized carbons (Fsp3) is 0.969. The quantitative estimate of drug-likeness (QED) is 0.0417. The summed E-state index contributed by atoms with van der Waals surface area (Å²) >= 11 is 0. The molecule has 0 spiro atoms. The lowest BCUT2D eigenvalue weighted by molar-refractivity contribution is -0.143. The third-order valence-corrected chi connectivity index (χ3v) is 15.7. The van der Waals surface area contributed by atoms with Gasteiger partial charge in [-0.3, -0.25) is 9.59 Å². The number of amides is 1. The number of carbonyl (C=O) groups excluding carboxylic acids is 2. The standard InChI is InChI=1S/C65H129NO5/c1-3-5-7-9-11-13-15-17-19-25-29-33-37-41-45-49-53-57-63(68)62(61-67)66-64(69)58-54-50-46-42-38-34-30-27-23-21-22-24-28-32-36-40-44-48-52-56-60-71-65(70)59-55-51-47-43-39-35-31-26-20-18-16-14-12-10-8-6-4-2/h62-63,67-68H,3-61H2,1-2H3,(H,66,69). The molecule has 6 nitrogen and oxygen atoms in total. The van der Waals surface area contributed by atoms with E-state index in [9.17, 15) is 19.8 Å². The molecule has 0 saturated heterocycles. The molecule has 0 bridgehead atoms. The van der Waals surface area contributed by atoms with Crippen LogP contribution in [-0.4, -0.2) is 47.4 Å². The van der Waals surface area contributed by atoms with Gasteiger partial charge in [-0.15, -0.1) is 0 Å². The molecule has 424 valence electrons. The Morgan fingerprint density at radius 3 is 0.859 bits per heavy atom. The van der Waals surface area contributed by atoms with Crippen molar-refractivity contribution in [3.05, 3.63) is 0 Å². The number of hydrogen-bond donors (Lipinski definition) is 3. The number of rotatable bonds is 62. The van der Waals surface area contributed by atoms with E-state index in [2.05, 4.69) is 19.2 Å². The average molecular weight is 1000 g/mol. The first-order valence-electron chi connectivity index (χ1n) is 32.8. The van der Waals surface area contributed by atoms with Gasteiger partial charge in [-0.2, -0.15) is 0 Å². The predicted octanol–water partition coefficient (Wildman–Crippen LogP) is 20.6. The van der Waals surface area contributed by atoms with Crippen LogP contribution in [0.15, 0.2) is 0 Å². The topological polar surface area (TPSA) is 95.9 Å². The number of aliphatic hydroxyl groups excluding tert-OH is 2. The third kappa shape index (κ3) is 58.0. The van der Waals surface area contributed by atoms with Crippen molar-refractivity contribution in [2.45, 2.75) is 392 Å². The van der Waals surface area contributed by atoms with E-state index >= 15 is 0 Å². The van der Waals surface area contributed by atoms with Gasteiger partial charge in [0.2, 0.25) is 5.91 Å². The SMILES string of the molecule is CCCCCCCCCCCCCCCCCCCC(=O)OCCCCCCCCCCCCCCCCCCCCCCC(=O)NC(CO)C(O)CCCCCCCCCCCCCCCCCCC. The first-order valence-corrected chi connectivity index (χ1v) is 32.8. The van der Waals surface area contributed by atoms with E-state index in [1.807, 2.05) is 0 Å². The molecular weight excluding hydrogens is 875 g/mol. The smallest absolute Gasteiger partial charge is 0.305 e. The number of esters is 1. The van der Waals surface area contributed by atoms with Crippen LogP contribution in [0.5, 0.6) is 0 Å². The zero-order chi connectivity index (χ0) is 51.4. The Balaban J connectivity index is 3.36. The monoisotopic (exact) mass is 1000 g/mol. The first kappa shape index (κ1) is 69.9. The minimum atomic E-state index is -0.665. The molecule has 3 N–H and O–H groups in total. The molecule has 0 aromatic carbocycles. The summed E-state index contributed by atoms with van der Waals surface area (Å²) in [6.45, 7) is 4.99. The van der Waals surface area contributed by atoms with Crippen molar-refractivity contribution in [1.82, 2.24) is 5.32 Å². The summed E-state index contributed by atoms with van der Waals surface area (Å²) < 4.78 is 5.50. The normalized spacial score (nSPS) is 12.5. The Hall–Kier alpha value is -1.14. The zero-order valence-corrected chi connectivity index (χ0v) is 48.5. The average Bonchev–Trinajstić information content (AvgIpc) is 3.37. The molecule has 0 saturated carbocycles. The molecule has 1 amide bonds. The van der Waals surface area contributed by atoms with Gasteiger partial charge in [0, 0.05) is 12.8 Å². The first-order chi connectivity index (χ1) is 35.0. The largest absolute Gasteiger partial charge is 0.466 e. The van der Waals surface area contributed by atoms with Gasteiger partial charge in [-0.05, 0) is 25.7 Å². The number of carbonyl (C=O) groups is 2. The van der Waals surface area contributed by atoms with Crippen molar-refractivity contribution in [3.63, 3.8) is 0 Å². The number of hydrogen-bond acceptors (Lipinski definition) is 5. The molecule has 0 rings (SSSR count). The van der Waals surface area contributed by atoms with Crippen molar-refractivity contribution < 1.29 is 24.5 Å². The van der Waals surface area contributed by atoms with Crippen LogP contribution in [0.4, 0.5) is 0 Å². The molecule has 71 heavy (non-hydrogen) atoms. The highest BCUT2D eigenvalue weighted by Gasteiger charge is 2.20. The number of ether oxygens (including phenoxy) is 1. The fourth-order valence-electron chi connectivity index (χ4n) is 10.6. The maximum Gasteiger partial charge on any atom is 0.305 e. The third-order valence-electron chi connectivity index (χ3n) is 15.7. The Kier molecular flexibility index (Phi) is 60.4. The lowest BCUT2D eigenvalue weighted by atomic mass is 10.0. The maximum absolute atomic E-state index is 12.5. The summed E-state index contributed by atoms with van der Waals surface area (Å²) in [5.74, 6) is -0.0168. The Labute approximate surface area is 445 Å². The van der Waals surface area contributed by atoms with E-state index in [1.54, 1.807) is 0 Å². The van der Waals surface area contributed by atoms with Crippen LogP contribution >= 0.6 is 0 Å². The van der Waals surface area contributed by atoms with Gasteiger partial charge < -0.3 is 20.3 Å². The van der Waals surface area contributed by atoms with Crippen LogP contribution in [0.1, 0.15) is 380 Å². The number of unbranched alkanes of at least 4 members (excludes halogenated alkanes) is 51. The molecule has 2 unspecified atom stereocenters. The van der Waals surface area contributed by atoms with E-state index in [0.717, 1.165) is 38.5 Å². The van der Waals surface area contributed by atoms with Crippen molar-refractivity contribution in [2.24, 2.45) is 0 Å². The molecule has 6 heteroatoms. The summed E-state index contributed by atoms with van der Waals surface area (Å²) in [6, 6.07) is -0.542. The summed E-state index contributed by atoms with van der Waals surface area (Å²) in [4.78, 5) is 24.6. The summed E-state index contributed by atoms with van der Waals surface area (Å²) in [5, 5.41) is 23.3. The molecule has 0 radical (unpaired) electrons. The highest BCUT2D eigenvalue weighted by molar-refractivity contribution is 5.76. The van der Waals surface area contributed by atoms with Crippen LogP contribution in [0, 0.1) is 0 Å². The van der Waals surface area contributed by atoms with Gasteiger partial charge in [0.05, 0.1) is 25.4 Å². The summed E-state index contributed by atoms with van der Waals surface area (Å²) in [7, 11) is 0. The van der Waals surface area contributed by atoms with Crippen LogP contribution in [0.2, 0.25) is 0 Å². The van der Waals surface area contributed by atoms with Gasteiger partial charge in [0.15, 0.2) is 0 Å². The lowest BCUT2D eigenvalue weighted by Crippen LogP contribution is -2.45. The molecule has 0 aromatic heterocycles. The van der Waals surface area contributed by atoms with Crippen LogP contribution in [0.3, 0.4) is 0 Å². The Bertz CT molecular complexity index is 1020. The van der Waals surface area contributed by atoms with Gasteiger partial charge >= 0.3 is 5.97 Å². The van der Waals surface area contributed by atoms with Crippen LogP contribution in [-0.2, 0) is 14.3 Å². The van der Waals surface area contributed by atoms with Crippen molar-refractivity contribution >= 4 is 11.9 Å². The fourth-order valence-corrected chi connectivity index (χ4v) is 10.6. The molecule has 2 atom stereocenters. The maximum atomic E-state index is 12.5. The predicted molar refractivity (Wildman–Crippen MR) is 310 cm³/mol. The highest BCUT2D eigenvalue weighted by Crippen LogP contribution is 2.19. The second-order valence-corrected chi connectivity index (χ2v) is 22.8. The van der Waals surface area contributed by atoms with E-state index in [1.165, 1.54) is 308 Å². The van der Waals surface area contributed by atoms with Crippen molar-refractivity contribution in [1.29, 1.82) is 0 Å². The van der Waals surface area contributed by atoms with E-state index in [0.29, 0.717) is 25.9 Å². The summed E-state index contributed by atoms with van der Waals surface area (Å²) in [5.41, 5.74) is 0. The van der Waals surface area contributed by atoms with E-state index in [-0.39, 0.29) is 18.5 Å². The molecule has 0 aliphatic carbocycles.